The fraction of sp³-hybridized carbons (Fsp3) is 0.500. The van der Waals surface area contributed by atoms with Crippen LogP contribution in [0.25, 0.3) is 0 Å². The minimum atomic E-state index is 0. The van der Waals surface area contributed by atoms with Crippen LogP contribution in [-0.4, -0.2) is 36.0 Å². The van der Waals surface area contributed by atoms with Crippen LogP contribution in [0.4, 0.5) is 0 Å². The number of aryl methyl sites for hydroxylation is 1. The Morgan fingerprint density at radius 2 is 2.11 bits per heavy atom. The van der Waals surface area contributed by atoms with Gasteiger partial charge in [-0.3, -0.25) is 4.79 Å². The maximum absolute atomic E-state index is 12.4. The van der Waals surface area contributed by atoms with Crippen LogP contribution in [0.15, 0.2) is 24.3 Å². The summed E-state index contributed by atoms with van der Waals surface area (Å²) in [6.07, 6.45) is 0. The molecule has 0 bridgehead atoms. The SMILES string of the molecule is Cc1cccc(C(=O)N2CCNC(C)C2C)c1.Cl. The number of hydrogen-bond acceptors (Lipinski definition) is 2. The fourth-order valence-corrected chi connectivity index (χ4v) is 2.29. The summed E-state index contributed by atoms with van der Waals surface area (Å²) in [5, 5.41) is 3.39. The molecule has 3 nitrogen and oxygen atoms in total. The van der Waals surface area contributed by atoms with Gasteiger partial charge in [0.25, 0.3) is 5.91 Å². The zero-order valence-electron chi connectivity index (χ0n) is 11.1. The van der Waals surface area contributed by atoms with Crippen LogP contribution in [0, 0.1) is 6.92 Å². The van der Waals surface area contributed by atoms with E-state index in [0.717, 1.165) is 24.2 Å². The predicted octanol–water partition coefficient (Wildman–Crippen LogP) is 2.24. The number of piperazine rings is 1. The number of halogens is 1. The number of carbonyl (C=O) groups excluding carboxylic acids is 1. The van der Waals surface area contributed by atoms with Gasteiger partial charge in [-0.15, -0.1) is 12.4 Å². The molecule has 0 saturated carbocycles. The standard InChI is InChI=1S/C14H20N2O.ClH/c1-10-5-4-6-13(9-10)14(17)16-8-7-15-11(2)12(16)3;/h4-6,9,11-12,15H,7-8H2,1-3H3;1H. The molecule has 100 valence electrons. The van der Waals surface area contributed by atoms with Crippen molar-refractivity contribution < 1.29 is 4.79 Å². The molecule has 2 rings (SSSR count). The van der Waals surface area contributed by atoms with E-state index < -0.39 is 0 Å². The Labute approximate surface area is 115 Å². The Hall–Kier alpha value is -1.06. The molecule has 18 heavy (non-hydrogen) atoms. The molecule has 1 aromatic rings. The largest absolute Gasteiger partial charge is 0.333 e. The fourth-order valence-electron chi connectivity index (χ4n) is 2.29. The molecule has 1 fully saturated rings. The van der Waals surface area contributed by atoms with E-state index in [1.54, 1.807) is 0 Å². The van der Waals surface area contributed by atoms with Crippen LogP contribution in [0.2, 0.25) is 0 Å². The van der Waals surface area contributed by atoms with E-state index in [-0.39, 0.29) is 24.4 Å². The number of rotatable bonds is 1. The van der Waals surface area contributed by atoms with Gasteiger partial charge in [0.2, 0.25) is 0 Å². The molecule has 4 heteroatoms. The Morgan fingerprint density at radius 1 is 1.39 bits per heavy atom. The summed E-state index contributed by atoms with van der Waals surface area (Å²) in [5.74, 6) is 0.148. The highest BCUT2D eigenvalue weighted by Crippen LogP contribution is 2.14. The molecule has 0 spiro atoms. The first-order chi connectivity index (χ1) is 8.09. The Bertz CT molecular complexity index is 422. The Kier molecular flexibility index (Phi) is 5.17. The van der Waals surface area contributed by atoms with Gasteiger partial charge < -0.3 is 10.2 Å². The average molecular weight is 269 g/mol. The molecule has 1 aromatic carbocycles. The Balaban J connectivity index is 0.00000162. The molecular formula is C14H21ClN2O. The van der Waals surface area contributed by atoms with Gasteiger partial charge >= 0.3 is 0 Å². The topological polar surface area (TPSA) is 32.3 Å². The molecule has 2 atom stereocenters. The van der Waals surface area contributed by atoms with Crippen molar-refractivity contribution in [3.8, 4) is 0 Å². The van der Waals surface area contributed by atoms with Crippen LogP contribution in [-0.2, 0) is 0 Å². The molecule has 1 saturated heterocycles. The quantitative estimate of drug-likeness (QED) is 0.847. The first-order valence-electron chi connectivity index (χ1n) is 6.20. The van der Waals surface area contributed by atoms with Gasteiger partial charge in [-0.2, -0.15) is 0 Å². The van der Waals surface area contributed by atoms with Crippen molar-refractivity contribution in [2.24, 2.45) is 0 Å². The van der Waals surface area contributed by atoms with Crippen molar-refractivity contribution in [1.82, 2.24) is 10.2 Å². The first-order valence-corrected chi connectivity index (χ1v) is 6.20. The van der Waals surface area contributed by atoms with Gasteiger partial charge in [0, 0.05) is 30.7 Å². The lowest BCUT2D eigenvalue weighted by Gasteiger charge is -2.38. The smallest absolute Gasteiger partial charge is 0.254 e. The van der Waals surface area contributed by atoms with Gasteiger partial charge in [0.05, 0.1) is 0 Å². The normalized spacial score (nSPS) is 23.4. The van der Waals surface area contributed by atoms with E-state index in [1.807, 2.05) is 36.1 Å². The van der Waals surface area contributed by atoms with E-state index in [1.165, 1.54) is 0 Å². The third kappa shape index (κ3) is 3.03. The third-order valence-electron chi connectivity index (χ3n) is 3.56. The molecule has 1 amide bonds. The number of nitrogens with zero attached hydrogens (tertiary/aromatic N) is 1. The molecule has 0 radical (unpaired) electrons. The predicted molar refractivity (Wildman–Crippen MR) is 76.4 cm³/mol. The number of hydrogen-bond donors (Lipinski definition) is 1. The van der Waals surface area contributed by atoms with Gasteiger partial charge in [-0.05, 0) is 32.9 Å². The average Bonchev–Trinajstić information content (AvgIpc) is 2.32. The van der Waals surface area contributed by atoms with Crippen LogP contribution in [0.5, 0.6) is 0 Å². The van der Waals surface area contributed by atoms with Crippen molar-refractivity contribution in [2.75, 3.05) is 13.1 Å². The lowest BCUT2D eigenvalue weighted by atomic mass is 10.0. The molecule has 0 aliphatic carbocycles. The van der Waals surface area contributed by atoms with Crippen molar-refractivity contribution in [2.45, 2.75) is 32.9 Å². The first kappa shape index (κ1) is 15.0. The summed E-state index contributed by atoms with van der Waals surface area (Å²) in [6, 6.07) is 8.42. The highest BCUT2D eigenvalue weighted by molar-refractivity contribution is 5.94. The molecule has 2 unspecified atom stereocenters. The summed E-state index contributed by atoms with van der Waals surface area (Å²) in [4.78, 5) is 14.4. The van der Waals surface area contributed by atoms with E-state index in [0.29, 0.717) is 6.04 Å². The highest BCUT2D eigenvalue weighted by atomic mass is 35.5. The second-order valence-electron chi connectivity index (χ2n) is 4.85. The van der Waals surface area contributed by atoms with Crippen molar-refractivity contribution in [1.29, 1.82) is 0 Å². The summed E-state index contributed by atoms with van der Waals surface area (Å²) in [5.41, 5.74) is 1.93. The minimum Gasteiger partial charge on any atom is -0.333 e. The molecule has 0 aromatic heterocycles. The molecule has 1 N–H and O–H groups in total. The van der Waals surface area contributed by atoms with Gasteiger partial charge in [0.1, 0.15) is 0 Å². The van der Waals surface area contributed by atoms with Gasteiger partial charge in [-0.1, -0.05) is 17.7 Å². The Morgan fingerprint density at radius 3 is 2.78 bits per heavy atom. The van der Waals surface area contributed by atoms with Crippen molar-refractivity contribution >= 4 is 18.3 Å². The summed E-state index contributed by atoms with van der Waals surface area (Å²) >= 11 is 0. The molecule has 1 aliphatic heterocycles. The van der Waals surface area contributed by atoms with Gasteiger partial charge in [0.15, 0.2) is 0 Å². The molecule has 1 aliphatic rings. The number of benzene rings is 1. The maximum atomic E-state index is 12.4. The third-order valence-corrected chi connectivity index (χ3v) is 3.56. The second-order valence-corrected chi connectivity index (χ2v) is 4.85. The zero-order valence-corrected chi connectivity index (χ0v) is 12.0. The van der Waals surface area contributed by atoms with Crippen LogP contribution < -0.4 is 5.32 Å². The summed E-state index contributed by atoms with van der Waals surface area (Å²) in [7, 11) is 0. The molecular weight excluding hydrogens is 248 g/mol. The van der Waals surface area contributed by atoms with Crippen LogP contribution in [0.1, 0.15) is 29.8 Å². The lowest BCUT2D eigenvalue weighted by molar-refractivity contribution is 0.0603. The van der Waals surface area contributed by atoms with Gasteiger partial charge in [-0.25, -0.2) is 0 Å². The van der Waals surface area contributed by atoms with Crippen LogP contribution >= 0.6 is 12.4 Å². The van der Waals surface area contributed by atoms with E-state index in [9.17, 15) is 4.79 Å². The number of amides is 1. The maximum Gasteiger partial charge on any atom is 0.254 e. The molecule has 1 heterocycles. The summed E-state index contributed by atoms with van der Waals surface area (Å²) < 4.78 is 0. The monoisotopic (exact) mass is 268 g/mol. The van der Waals surface area contributed by atoms with Crippen molar-refractivity contribution in [3.05, 3.63) is 35.4 Å². The van der Waals surface area contributed by atoms with E-state index >= 15 is 0 Å². The lowest BCUT2D eigenvalue weighted by Crippen LogP contribution is -2.57. The minimum absolute atomic E-state index is 0. The number of carbonyl (C=O) groups is 1. The zero-order chi connectivity index (χ0) is 12.4. The summed E-state index contributed by atoms with van der Waals surface area (Å²) in [6.45, 7) is 7.91. The van der Waals surface area contributed by atoms with E-state index in [4.69, 9.17) is 0 Å². The number of nitrogens with one attached hydrogen (secondary N) is 1. The second kappa shape index (κ2) is 6.21. The van der Waals surface area contributed by atoms with Crippen molar-refractivity contribution in [3.63, 3.8) is 0 Å². The van der Waals surface area contributed by atoms with E-state index in [2.05, 4.69) is 19.2 Å². The van der Waals surface area contributed by atoms with Crippen LogP contribution in [0.3, 0.4) is 0 Å². The highest BCUT2D eigenvalue weighted by Gasteiger charge is 2.28.